The average molecular weight is 512 g/mol. The van der Waals surface area contributed by atoms with E-state index in [9.17, 15) is 19.0 Å². The standard InChI is InChI=1S/C25H23ClFN5O2S/c1-30(2)25(33)20-8-7-17(14-21(20)26)19-13-18(15-28)24(29-16-19)31-9-11-32(12-10-31)35(34)23-6-4-3-5-22(23)27/h3-8,13-14,16H,9-12H2,1-2H3. The third-order valence-corrected chi connectivity index (χ3v) is 7.58. The molecule has 1 amide bonds. The SMILES string of the molecule is CN(C)C(=O)c1ccc(-c2cnc(N3CCN([S+]([O-])c4ccccc4F)CC3)c(C#N)c2)cc1Cl. The fourth-order valence-corrected chi connectivity index (χ4v) is 5.31. The minimum atomic E-state index is -1.59. The van der Waals surface area contributed by atoms with Crippen LogP contribution in [0.4, 0.5) is 10.2 Å². The van der Waals surface area contributed by atoms with E-state index in [4.69, 9.17) is 11.6 Å². The largest absolute Gasteiger partial charge is 0.593 e. The van der Waals surface area contributed by atoms with Crippen LogP contribution in [0.1, 0.15) is 15.9 Å². The Kier molecular flexibility index (Phi) is 7.57. The summed E-state index contributed by atoms with van der Waals surface area (Å²) < 4.78 is 28.5. The third kappa shape index (κ3) is 5.26. The Morgan fingerprint density at radius 3 is 2.49 bits per heavy atom. The molecular weight excluding hydrogens is 489 g/mol. The highest BCUT2D eigenvalue weighted by Gasteiger charge is 2.30. The van der Waals surface area contributed by atoms with Gasteiger partial charge in [0.25, 0.3) is 5.91 Å². The summed E-state index contributed by atoms with van der Waals surface area (Å²) in [6.45, 7) is 1.86. The van der Waals surface area contributed by atoms with E-state index in [1.165, 1.54) is 17.0 Å². The van der Waals surface area contributed by atoms with Gasteiger partial charge in [0.2, 0.25) is 4.90 Å². The number of nitriles is 1. The summed E-state index contributed by atoms with van der Waals surface area (Å²) in [6, 6.07) is 15.1. The molecule has 1 aliphatic heterocycles. The number of rotatable bonds is 5. The molecule has 1 aromatic heterocycles. The topological polar surface area (TPSA) is 86.5 Å². The number of halogens is 2. The molecule has 0 N–H and O–H groups in total. The quantitative estimate of drug-likeness (QED) is 0.482. The first kappa shape index (κ1) is 24.9. The number of piperazine rings is 1. The Labute approximate surface area is 211 Å². The van der Waals surface area contributed by atoms with E-state index in [-0.39, 0.29) is 10.8 Å². The minimum absolute atomic E-state index is 0.165. The van der Waals surface area contributed by atoms with Gasteiger partial charge in [-0.15, -0.1) is 4.31 Å². The Hall–Kier alpha value is -3.16. The fourth-order valence-electron chi connectivity index (χ4n) is 3.85. The van der Waals surface area contributed by atoms with Gasteiger partial charge in [-0.05, 0) is 35.9 Å². The highest BCUT2D eigenvalue weighted by molar-refractivity contribution is 7.89. The van der Waals surface area contributed by atoms with Crippen molar-refractivity contribution in [2.75, 3.05) is 45.2 Å². The molecule has 1 saturated heterocycles. The molecule has 3 aromatic rings. The Morgan fingerprint density at radius 1 is 1.14 bits per heavy atom. The first-order valence-corrected chi connectivity index (χ1v) is 12.4. The number of nitrogens with zero attached hydrogens (tertiary/aromatic N) is 5. The maximum atomic E-state index is 14.0. The van der Waals surface area contributed by atoms with E-state index in [1.807, 2.05) is 4.90 Å². The molecule has 1 atom stereocenters. The van der Waals surface area contributed by atoms with Crippen LogP contribution in [0.3, 0.4) is 0 Å². The molecule has 2 heterocycles. The molecule has 0 radical (unpaired) electrons. The van der Waals surface area contributed by atoms with Gasteiger partial charge in [-0.25, -0.2) is 9.37 Å². The maximum Gasteiger partial charge on any atom is 0.254 e. The predicted molar refractivity (Wildman–Crippen MR) is 134 cm³/mol. The molecule has 2 aromatic carbocycles. The molecule has 10 heteroatoms. The summed E-state index contributed by atoms with van der Waals surface area (Å²) >= 11 is 4.75. The zero-order valence-electron chi connectivity index (χ0n) is 19.2. The number of hydrogen-bond acceptors (Lipinski definition) is 6. The van der Waals surface area contributed by atoms with Crippen LogP contribution in [-0.4, -0.2) is 64.9 Å². The molecular formula is C25H23ClFN5O2S. The Balaban J connectivity index is 1.50. The van der Waals surface area contributed by atoms with Gasteiger partial charge in [0.1, 0.15) is 11.9 Å². The monoisotopic (exact) mass is 511 g/mol. The Morgan fingerprint density at radius 2 is 1.86 bits per heavy atom. The van der Waals surface area contributed by atoms with Crippen LogP contribution < -0.4 is 4.90 Å². The lowest BCUT2D eigenvalue weighted by molar-refractivity contribution is 0.0828. The fraction of sp³-hybridized carbons (Fsp3) is 0.240. The maximum absolute atomic E-state index is 14.0. The van der Waals surface area contributed by atoms with Crippen molar-refractivity contribution in [2.24, 2.45) is 0 Å². The van der Waals surface area contributed by atoms with Crippen LogP contribution in [0.15, 0.2) is 59.6 Å². The van der Waals surface area contributed by atoms with Crippen molar-refractivity contribution in [1.82, 2.24) is 14.2 Å². The van der Waals surface area contributed by atoms with Gasteiger partial charge in [0.05, 0.1) is 40.6 Å². The van der Waals surface area contributed by atoms with Crippen LogP contribution in [0.25, 0.3) is 11.1 Å². The second-order valence-electron chi connectivity index (χ2n) is 8.20. The lowest BCUT2D eigenvalue weighted by Gasteiger charge is -2.35. The number of amides is 1. The molecule has 0 spiro atoms. The summed E-state index contributed by atoms with van der Waals surface area (Å²) in [5.74, 6) is -0.141. The van der Waals surface area contributed by atoms with Gasteiger partial charge in [-0.3, -0.25) is 4.79 Å². The zero-order chi connectivity index (χ0) is 25.1. The van der Waals surface area contributed by atoms with Crippen molar-refractivity contribution in [2.45, 2.75) is 4.90 Å². The van der Waals surface area contributed by atoms with Gasteiger partial charge in [-0.1, -0.05) is 29.8 Å². The minimum Gasteiger partial charge on any atom is -0.593 e. The average Bonchev–Trinajstić information content (AvgIpc) is 2.87. The van der Waals surface area contributed by atoms with Crippen molar-refractivity contribution >= 4 is 34.7 Å². The van der Waals surface area contributed by atoms with E-state index < -0.39 is 17.2 Å². The summed E-state index contributed by atoms with van der Waals surface area (Å²) in [5.41, 5.74) is 2.24. The molecule has 1 unspecified atom stereocenters. The van der Waals surface area contributed by atoms with E-state index >= 15 is 0 Å². The van der Waals surface area contributed by atoms with Gasteiger partial charge in [0, 0.05) is 38.9 Å². The summed E-state index contributed by atoms with van der Waals surface area (Å²) in [7, 11) is 3.32. The molecule has 35 heavy (non-hydrogen) atoms. The first-order valence-electron chi connectivity index (χ1n) is 10.9. The number of carbonyl (C=O) groups excluding carboxylic acids is 1. The van der Waals surface area contributed by atoms with Crippen molar-refractivity contribution in [3.63, 3.8) is 0 Å². The van der Waals surface area contributed by atoms with E-state index in [2.05, 4.69) is 11.1 Å². The third-order valence-electron chi connectivity index (χ3n) is 5.72. The second-order valence-corrected chi connectivity index (χ2v) is 10.1. The zero-order valence-corrected chi connectivity index (χ0v) is 20.8. The van der Waals surface area contributed by atoms with Gasteiger partial charge in [-0.2, -0.15) is 5.26 Å². The summed E-state index contributed by atoms with van der Waals surface area (Å²) in [6.07, 6.45) is 1.67. The smallest absolute Gasteiger partial charge is 0.254 e. The second kappa shape index (κ2) is 10.6. The molecule has 0 saturated carbocycles. The van der Waals surface area contributed by atoms with Crippen molar-refractivity contribution < 1.29 is 13.7 Å². The summed E-state index contributed by atoms with van der Waals surface area (Å²) in [5, 5.41) is 10.1. The molecule has 7 nitrogen and oxygen atoms in total. The number of pyridine rings is 1. The highest BCUT2D eigenvalue weighted by Crippen LogP contribution is 2.30. The van der Waals surface area contributed by atoms with E-state index in [0.29, 0.717) is 53.7 Å². The molecule has 4 rings (SSSR count). The normalized spacial score (nSPS) is 14.9. The highest BCUT2D eigenvalue weighted by atomic mass is 35.5. The van der Waals surface area contributed by atoms with Gasteiger partial charge in [0.15, 0.2) is 5.82 Å². The van der Waals surface area contributed by atoms with E-state index in [1.54, 1.807) is 61.0 Å². The van der Waals surface area contributed by atoms with Crippen LogP contribution in [-0.2, 0) is 11.4 Å². The van der Waals surface area contributed by atoms with Crippen LogP contribution in [0, 0.1) is 17.1 Å². The number of hydrogen-bond donors (Lipinski definition) is 0. The molecule has 1 aliphatic rings. The summed E-state index contributed by atoms with van der Waals surface area (Å²) in [4.78, 5) is 20.4. The molecule has 180 valence electrons. The molecule has 0 aliphatic carbocycles. The van der Waals surface area contributed by atoms with Crippen LogP contribution in [0.2, 0.25) is 5.02 Å². The van der Waals surface area contributed by atoms with E-state index in [0.717, 1.165) is 5.56 Å². The van der Waals surface area contributed by atoms with Crippen molar-refractivity contribution in [3.8, 4) is 17.2 Å². The predicted octanol–water partition coefficient (Wildman–Crippen LogP) is 3.96. The van der Waals surface area contributed by atoms with Gasteiger partial charge >= 0.3 is 0 Å². The van der Waals surface area contributed by atoms with Crippen molar-refractivity contribution in [1.29, 1.82) is 5.26 Å². The number of benzene rings is 2. The van der Waals surface area contributed by atoms with Gasteiger partial charge < -0.3 is 14.4 Å². The number of anilines is 1. The number of aromatic nitrogens is 1. The lowest BCUT2D eigenvalue weighted by Crippen LogP contribution is -2.49. The first-order chi connectivity index (χ1) is 16.8. The molecule has 0 bridgehead atoms. The van der Waals surface area contributed by atoms with Crippen LogP contribution in [0.5, 0.6) is 0 Å². The van der Waals surface area contributed by atoms with Crippen LogP contribution >= 0.6 is 11.6 Å². The molecule has 1 fully saturated rings. The number of carbonyl (C=O) groups is 1. The Bertz CT molecular complexity index is 1290. The van der Waals surface area contributed by atoms with Crippen molar-refractivity contribution in [3.05, 3.63) is 76.7 Å². The lowest BCUT2D eigenvalue weighted by atomic mass is 10.0.